The minimum atomic E-state index is -1.19. The van der Waals surface area contributed by atoms with Gasteiger partial charge in [-0.15, -0.1) is 0 Å². The van der Waals surface area contributed by atoms with E-state index in [1.54, 1.807) is 32.0 Å². The predicted octanol–water partition coefficient (Wildman–Crippen LogP) is 5.11. The number of anilines is 1. The lowest BCUT2D eigenvalue weighted by molar-refractivity contribution is 0.0793. The number of amides is 1. The first kappa shape index (κ1) is 26.5. The molecule has 1 saturated heterocycles. The molecular weight excluding hydrogens is 502 g/mol. The summed E-state index contributed by atoms with van der Waals surface area (Å²) in [4.78, 5) is 15.8. The molecular formula is C31H37N7O2. The lowest BCUT2D eigenvalue weighted by Crippen LogP contribution is -2.34. The Balaban J connectivity index is 1.23. The number of fused-ring (bicyclic) bond motifs is 2. The maximum Gasteiger partial charge on any atom is 0.274 e. The number of benzene rings is 1. The quantitative estimate of drug-likeness (QED) is 0.365. The van der Waals surface area contributed by atoms with Crippen molar-refractivity contribution in [3.8, 4) is 6.07 Å². The zero-order valence-electron chi connectivity index (χ0n) is 23.5. The molecule has 0 atom stereocenters. The van der Waals surface area contributed by atoms with E-state index in [1.165, 1.54) is 49.5 Å². The zero-order valence-corrected chi connectivity index (χ0v) is 23.5. The molecule has 2 N–H and O–H groups in total. The molecule has 3 aromatic heterocycles. The van der Waals surface area contributed by atoms with Crippen molar-refractivity contribution in [1.82, 2.24) is 24.3 Å². The Morgan fingerprint density at radius 2 is 1.80 bits per heavy atom. The molecule has 2 fully saturated rings. The van der Waals surface area contributed by atoms with Crippen molar-refractivity contribution in [1.29, 1.82) is 5.26 Å². The largest absolute Gasteiger partial charge is 0.386 e. The minimum Gasteiger partial charge on any atom is -0.386 e. The molecule has 2 aliphatic rings. The molecule has 0 spiro atoms. The zero-order chi connectivity index (χ0) is 28.0. The van der Waals surface area contributed by atoms with Gasteiger partial charge in [0.25, 0.3) is 5.91 Å². The first-order chi connectivity index (χ1) is 19.2. The highest BCUT2D eigenvalue weighted by atomic mass is 16.3. The lowest BCUT2D eigenvalue weighted by atomic mass is 9.74. The van der Waals surface area contributed by atoms with E-state index in [9.17, 15) is 9.90 Å². The highest BCUT2D eigenvalue weighted by molar-refractivity contribution is 6.05. The summed E-state index contributed by atoms with van der Waals surface area (Å²) in [5, 5.41) is 33.3. The predicted molar refractivity (Wildman–Crippen MR) is 154 cm³/mol. The van der Waals surface area contributed by atoms with E-state index in [0.717, 1.165) is 35.6 Å². The molecule has 1 amide bonds. The number of carbonyl (C=O) groups is 1. The normalized spacial score (nSPS) is 21.1. The third kappa shape index (κ3) is 5.09. The number of hydrogen-bond donors (Lipinski definition) is 2. The maximum atomic E-state index is 13.3. The highest BCUT2D eigenvalue weighted by Crippen LogP contribution is 2.40. The van der Waals surface area contributed by atoms with Gasteiger partial charge < -0.3 is 15.3 Å². The van der Waals surface area contributed by atoms with Crippen molar-refractivity contribution in [3.05, 3.63) is 59.5 Å². The molecule has 0 bridgehead atoms. The van der Waals surface area contributed by atoms with Gasteiger partial charge in [-0.3, -0.25) is 9.48 Å². The van der Waals surface area contributed by atoms with E-state index in [-0.39, 0.29) is 5.91 Å². The molecule has 1 aromatic carbocycles. The van der Waals surface area contributed by atoms with Gasteiger partial charge in [0, 0.05) is 22.8 Å². The number of aromatic nitrogens is 4. The Labute approximate surface area is 234 Å². The summed E-state index contributed by atoms with van der Waals surface area (Å²) in [5.74, 6) is 1.34. The Morgan fingerprint density at radius 3 is 2.50 bits per heavy atom. The molecule has 1 aliphatic heterocycles. The molecule has 4 aromatic rings. The number of nitriles is 1. The van der Waals surface area contributed by atoms with Crippen molar-refractivity contribution in [3.63, 3.8) is 0 Å². The minimum absolute atomic E-state index is 0.346. The molecule has 0 radical (unpaired) electrons. The summed E-state index contributed by atoms with van der Waals surface area (Å²) >= 11 is 0. The van der Waals surface area contributed by atoms with Gasteiger partial charge in [-0.2, -0.15) is 15.5 Å². The van der Waals surface area contributed by atoms with Gasteiger partial charge in [-0.25, -0.2) is 4.52 Å². The highest BCUT2D eigenvalue weighted by Gasteiger charge is 2.31. The van der Waals surface area contributed by atoms with Crippen molar-refractivity contribution in [2.75, 3.05) is 25.5 Å². The first-order valence-electron chi connectivity index (χ1n) is 14.3. The number of nitrogens with one attached hydrogen (secondary N) is 1. The Kier molecular flexibility index (Phi) is 6.85. The fourth-order valence-electron chi connectivity index (χ4n) is 6.64. The molecule has 208 valence electrons. The van der Waals surface area contributed by atoms with E-state index < -0.39 is 5.60 Å². The van der Waals surface area contributed by atoms with Crippen LogP contribution in [0.25, 0.3) is 16.4 Å². The third-order valence-corrected chi connectivity index (χ3v) is 8.98. The van der Waals surface area contributed by atoms with Crippen LogP contribution in [0.2, 0.25) is 0 Å². The van der Waals surface area contributed by atoms with Crippen LogP contribution in [0.3, 0.4) is 0 Å². The van der Waals surface area contributed by atoms with Gasteiger partial charge in [0.05, 0.1) is 34.4 Å². The number of nitrogens with zero attached hydrogens (tertiary/aromatic N) is 6. The van der Waals surface area contributed by atoms with Gasteiger partial charge >= 0.3 is 0 Å². The van der Waals surface area contributed by atoms with E-state index in [4.69, 9.17) is 10.4 Å². The summed E-state index contributed by atoms with van der Waals surface area (Å²) < 4.78 is 3.62. The van der Waals surface area contributed by atoms with Gasteiger partial charge in [0.1, 0.15) is 11.8 Å². The number of rotatable bonds is 5. The topological polar surface area (TPSA) is 111 Å². The van der Waals surface area contributed by atoms with Crippen LogP contribution in [0.5, 0.6) is 0 Å². The summed E-state index contributed by atoms with van der Waals surface area (Å²) in [6, 6.07) is 11.4. The molecule has 40 heavy (non-hydrogen) atoms. The average molecular weight is 540 g/mol. The number of piperidine rings is 1. The van der Waals surface area contributed by atoms with Crippen molar-refractivity contribution in [2.24, 2.45) is 11.8 Å². The Hall–Kier alpha value is -3.74. The number of hydrogen-bond acceptors (Lipinski definition) is 6. The summed E-state index contributed by atoms with van der Waals surface area (Å²) in [7, 11) is 2.22. The molecule has 4 heterocycles. The first-order valence-corrected chi connectivity index (χ1v) is 14.3. The third-order valence-electron chi connectivity index (χ3n) is 8.98. The summed E-state index contributed by atoms with van der Waals surface area (Å²) in [6.45, 7) is 5.86. The second-order valence-electron chi connectivity index (χ2n) is 12.2. The molecule has 9 nitrogen and oxygen atoms in total. The monoisotopic (exact) mass is 539 g/mol. The van der Waals surface area contributed by atoms with E-state index in [0.29, 0.717) is 34.1 Å². The van der Waals surface area contributed by atoms with Gasteiger partial charge in [-0.05, 0) is 115 Å². The van der Waals surface area contributed by atoms with Crippen LogP contribution < -0.4 is 5.32 Å². The van der Waals surface area contributed by atoms with E-state index in [1.807, 2.05) is 12.1 Å². The Bertz CT molecular complexity index is 1590. The van der Waals surface area contributed by atoms with Crippen LogP contribution in [-0.2, 0) is 5.60 Å². The van der Waals surface area contributed by atoms with Crippen LogP contribution in [-0.4, -0.2) is 55.4 Å². The van der Waals surface area contributed by atoms with Crippen molar-refractivity contribution < 1.29 is 9.90 Å². The van der Waals surface area contributed by atoms with Crippen LogP contribution >= 0.6 is 0 Å². The second-order valence-corrected chi connectivity index (χ2v) is 12.2. The van der Waals surface area contributed by atoms with E-state index in [2.05, 4.69) is 39.3 Å². The van der Waals surface area contributed by atoms with E-state index >= 15 is 0 Å². The SMILES string of the molecule is CN1CCC(C2CCC(n3cc4cc(NC(=O)c5ccc6cc(C#N)cnn56)c(C(C)(C)O)cc4n3)CC2)CC1. The fraction of sp³-hybridized carbons (Fsp3) is 0.484. The van der Waals surface area contributed by atoms with Gasteiger partial charge in [0.15, 0.2) is 0 Å². The fourth-order valence-corrected chi connectivity index (χ4v) is 6.64. The molecule has 1 saturated carbocycles. The van der Waals surface area contributed by atoms with Crippen molar-refractivity contribution in [2.45, 2.75) is 64.0 Å². The number of likely N-dealkylation sites (tertiary alicyclic amines) is 1. The van der Waals surface area contributed by atoms with Crippen LogP contribution in [0, 0.1) is 23.2 Å². The molecule has 1 aliphatic carbocycles. The standard InChI is InChI=1S/C31H37N7O2/c1-31(2,40)26-16-27-23(15-28(26)34-30(39)29-9-8-25-14-20(17-32)18-33-38(25)29)19-37(35-27)24-6-4-21(5-7-24)22-10-12-36(3)13-11-22/h8-9,14-16,18-19,21-22,24,40H,4-7,10-13H2,1-3H3,(H,34,39). The molecule has 0 unspecified atom stereocenters. The second kappa shape index (κ2) is 10.3. The van der Waals surface area contributed by atoms with Crippen molar-refractivity contribution >= 4 is 28.0 Å². The number of aliphatic hydroxyl groups is 1. The smallest absolute Gasteiger partial charge is 0.274 e. The molecule has 9 heteroatoms. The average Bonchev–Trinajstić information content (AvgIpc) is 3.56. The number of carbonyl (C=O) groups excluding carboxylic acids is 1. The van der Waals surface area contributed by atoms with Crippen LogP contribution in [0.4, 0.5) is 5.69 Å². The van der Waals surface area contributed by atoms with Gasteiger partial charge in [-0.1, -0.05) is 0 Å². The molecule has 6 rings (SSSR count). The van der Waals surface area contributed by atoms with Crippen LogP contribution in [0.15, 0.2) is 42.7 Å². The lowest BCUT2D eigenvalue weighted by Gasteiger charge is -2.38. The Morgan fingerprint density at radius 1 is 1.07 bits per heavy atom. The van der Waals surface area contributed by atoms with Crippen LogP contribution in [0.1, 0.15) is 80.0 Å². The van der Waals surface area contributed by atoms with Gasteiger partial charge in [0.2, 0.25) is 0 Å². The summed E-state index contributed by atoms with van der Waals surface area (Å²) in [5.41, 5.74) is 2.20. The summed E-state index contributed by atoms with van der Waals surface area (Å²) in [6.07, 6.45) is 10.9. The maximum absolute atomic E-state index is 13.3.